The Hall–Kier alpha value is -1.75. The number of phenols is 1. The lowest BCUT2D eigenvalue weighted by molar-refractivity contribution is -0.135. The van der Waals surface area contributed by atoms with Gasteiger partial charge in [0.25, 0.3) is 5.91 Å². The molecule has 0 spiro atoms. The van der Waals surface area contributed by atoms with Crippen LogP contribution in [0.2, 0.25) is 5.02 Å². The number of phenolic OH excluding ortho intramolecular Hbond substituents is 1. The number of halogens is 1. The van der Waals surface area contributed by atoms with Gasteiger partial charge in [0.1, 0.15) is 12.3 Å². The highest BCUT2D eigenvalue weighted by Gasteiger charge is 2.11. The van der Waals surface area contributed by atoms with Gasteiger partial charge >= 0.3 is 5.97 Å². The minimum Gasteiger partial charge on any atom is -0.507 e. The molecule has 15 heavy (non-hydrogen) atoms. The third kappa shape index (κ3) is 3.14. The molecule has 3 N–H and O–H groups in total. The molecule has 0 saturated carbocycles. The smallest absolute Gasteiger partial charge is 0.322 e. The van der Waals surface area contributed by atoms with Crippen molar-refractivity contribution in [1.29, 1.82) is 0 Å². The van der Waals surface area contributed by atoms with Crippen LogP contribution in [-0.4, -0.2) is 28.6 Å². The first-order chi connectivity index (χ1) is 7.00. The summed E-state index contributed by atoms with van der Waals surface area (Å²) in [5.74, 6) is -2.10. The molecule has 0 atom stereocenters. The van der Waals surface area contributed by atoms with Crippen LogP contribution in [0.5, 0.6) is 5.75 Å². The van der Waals surface area contributed by atoms with Crippen molar-refractivity contribution in [3.8, 4) is 5.75 Å². The number of hydrogen-bond donors (Lipinski definition) is 3. The van der Waals surface area contributed by atoms with E-state index in [0.717, 1.165) is 0 Å². The molecule has 1 amide bonds. The Labute approximate surface area is 90.3 Å². The number of hydrogen-bond acceptors (Lipinski definition) is 3. The van der Waals surface area contributed by atoms with Gasteiger partial charge in [-0.1, -0.05) is 11.6 Å². The zero-order chi connectivity index (χ0) is 11.4. The number of aromatic hydroxyl groups is 1. The van der Waals surface area contributed by atoms with Crippen LogP contribution in [0.4, 0.5) is 0 Å². The molecule has 0 radical (unpaired) electrons. The molecule has 0 saturated heterocycles. The fourth-order valence-electron chi connectivity index (χ4n) is 0.948. The third-order valence-electron chi connectivity index (χ3n) is 1.60. The van der Waals surface area contributed by atoms with Crippen LogP contribution in [0.15, 0.2) is 18.2 Å². The van der Waals surface area contributed by atoms with Crippen LogP contribution in [0.3, 0.4) is 0 Å². The van der Waals surface area contributed by atoms with Crippen LogP contribution in [-0.2, 0) is 4.79 Å². The Balaban J connectivity index is 2.78. The maximum Gasteiger partial charge on any atom is 0.322 e. The van der Waals surface area contributed by atoms with Crippen LogP contribution >= 0.6 is 11.6 Å². The topological polar surface area (TPSA) is 86.6 Å². The molecule has 6 heteroatoms. The van der Waals surface area contributed by atoms with Crippen LogP contribution in [0, 0.1) is 0 Å². The highest BCUT2D eigenvalue weighted by atomic mass is 35.5. The van der Waals surface area contributed by atoms with Gasteiger partial charge < -0.3 is 15.5 Å². The Bertz CT molecular complexity index is 405. The normalized spacial score (nSPS) is 9.67. The number of carboxylic acids is 1. The van der Waals surface area contributed by atoms with E-state index in [1.54, 1.807) is 0 Å². The van der Waals surface area contributed by atoms with E-state index in [-0.39, 0.29) is 11.3 Å². The lowest BCUT2D eigenvalue weighted by Gasteiger charge is -2.04. The zero-order valence-corrected chi connectivity index (χ0v) is 8.28. The number of benzene rings is 1. The maximum atomic E-state index is 11.3. The summed E-state index contributed by atoms with van der Waals surface area (Å²) in [6, 6.07) is 3.95. The molecule has 0 aliphatic carbocycles. The fraction of sp³-hybridized carbons (Fsp3) is 0.111. The van der Waals surface area contributed by atoms with Crippen molar-refractivity contribution in [2.75, 3.05) is 6.54 Å². The average Bonchev–Trinajstić information content (AvgIpc) is 2.14. The highest BCUT2D eigenvalue weighted by Crippen LogP contribution is 2.21. The second kappa shape index (κ2) is 4.65. The Morgan fingerprint density at radius 2 is 2.07 bits per heavy atom. The summed E-state index contributed by atoms with van der Waals surface area (Å²) in [4.78, 5) is 21.5. The monoisotopic (exact) mass is 229 g/mol. The minimum atomic E-state index is -1.16. The molecule has 5 nitrogen and oxygen atoms in total. The van der Waals surface area contributed by atoms with Crippen molar-refractivity contribution in [3.63, 3.8) is 0 Å². The van der Waals surface area contributed by atoms with Crippen LogP contribution in [0.1, 0.15) is 10.4 Å². The van der Waals surface area contributed by atoms with Gasteiger partial charge in [-0.15, -0.1) is 0 Å². The molecule has 0 aromatic heterocycles. The Morgan fingerprint density at radius 3 is 2.60 bits per heavy atom. The molecular formula is C9H8ClNO4. The summed E-state index contributed by atoms with van der Waals surface area (Å²) in [6.45, 7) is -0.499. The van der Waals surface area contributed by atoms with Gasteiger partial charge in [0.05, 0.1) is 5.56 Å². The van der Waals surface area contributed by atoms with E-state index in [0.29, 0.717) is 5.02 Å². The van der Waals surface area contributed by atoms with Gasteiger partial charge in [0.15, 0.2) is 0 Å². The van der Waals surface area contributed by atoms with E-state index in [2.05, 4.69) is 5.32 Å². The molecule has 0 bridgehead atoms. The number of rotatable bonds is 3. The molecule has 0 heterocycles. The second-order valence-electron chi connectivity index (χ2n) is 2.74. The second-order valence-corrected chi connectivity index (χ2v) is 3.17. The highest BCUT2D eigenvalue weighted by molar-refractivity contribution is 6.30. The summed E-state index contributed by atoms with van der Waals surface area (Å²) in [5.41, 5.74) is -0.0133. The van der Waals surface area contributed by atoms with E-state index in [1.165, 1.54) is 18.2 Å². The SMILES string of the molecule is O=C(O)CNC(=O)c1ccc(Cl)cc1O. The quantitative estimate of drug-likeness (QED) is 0.718. The van der Waals surface area contributed by atoms with Gasteiger partial charge in [-0.05, 0) is 18.2 Å². The summed E-state index contributed by atoms with van der Waals surface area (Å²) in [6.07, 6.45) is 0. The summed E-state index contributed by atoms with van der Waals surface area (Å²) in [7, 11) is 0. The molecule has 0 aliphatic rings. The van der Waals surface area contributed by atoms with Gasteiger partial charge in [-0.2, -0.15) is 0 Å². The van der Waals surface area contributed by atoms with Crippen molar-refractivity contribution in [2.24, 2.45) is 0 Å². The summed E-state index contributed by atoms with van der Waals surface area (Å²) < 4.78 is 0. The largest absolute Gasteiger partial charge is 0.507 e. The third-order valence-corrected chi connectivity index (χ3v) is 1.84. The van der Waals surface area contributed by atoms with E-state index in [1.807, 2.05) is 0 Å². The molecule has 0 aliphatic heterocycles. The van der Waals surface area contributed by atoms with Crippen molar-refractivity contribution in [2.45, 2.75) is 0 Å². The summed E-state index contributed by atoms with van der Waals surface area (Å²) >= 11 is 5.56. The average molecular weight is 230 g/mol. The van der Waals surface area contributed by atoms with Gasteiger partial charge in [0, 0.05) is 5.02 Å². The molecule has 80 valence electrons. The van der Waals surface area contributed by atoms with Crippen molar-refractivity contribution in [1.82, 2.24) is 5.32 Å². The molecule has 1 rings (SSSR count). The Morgan fingerprint density at radius 1 is 1.40 bits per heavy atom. The van der Waals surface area contributed by atoms with E-state index >= 15 is 0 Å². The first kappa shape index (κ1) is 11.3. The van der Waals surface area contributed by atoms with Gasteiger partial charge in [-0.25, -0.2) is 0 Å². The first-order valence-corrected chi connectivity index (χ1v) is 4.37. The van der Waals surface area contributed by atoms with Gasteiger partial charge in [0.2, 0.25) is 0 Å². The Kier molecular flexibility index (Phi) is 3.51. The number of aliphatic carboxylic acids is 1. The lowest BCUT2D eigenvalue weighted by atomic mass is 10.2. The zero-order valence-electron chi connectivity index (χ0n) is 7.53. The fourth-order valence-corrected chi connectivity index (χ4v) is 1.11. The van der Waals surface area contributed by atoms with Crippen molar-refractivity contribution < 1.29 is 19.8 Å². The molecule has 0 fully saturated rings. The molecule has 1 aromatic carbocycles. The summed E-state index contributed by atoms with van der Waals surface area (Å²) in [5, 5.41) is 20.1. The van der Waals surface area contributed by atoms with E-state index in [9.17, 15) is 14.7 Å². The van der Waals surface area contributed by atoms with Crippen molar-refractivity contribution >= 4 is 23.5 Å². The standard InChI is InChI=1S/C9H8ClNO4/c10-5-1-2-6(7(12)3-5)9(15)11-4-8(13)14/h1-3,12H,4H2,(H,11,15)(H,13,14). The minimum absolute atomic E-state index is 0.0133. The predicted molar refractivity (Wildman–Crippen MR) is 53.1 cm³/mol. The van der Waals surface area contributed by atoms with Crippen LogP contribution < -0.4 is 5.32 Å². The number of carboxylic acid groups (broad SMARTS) is 1. The lowest BCUT2D eigenvalue weighted by Crippen LogP contribution is -2.29. The van der Waals surface area contributed by atoms with Crippen molar-refractivity contribution in [3.05, 3.63) is 28.8 Å². The van der Waals surface area contributed by atoms with E-state index in [4.69, 9.17) is 16.7 Å². The number of carbonyl (C=O) groups is 2. The van der Waals surface area contributed by atoms with E-state index < -0.39 is 18.4 Å². The molecular weight excluding hydrogens is 222 g/mol. The van der Waals surface area contributed by atoms with Crippen LogP contribution in [0.25, 0.3) is 0 Å². The number of nitrogens with one attached hydrogen (secondary N) is 1. The van der Waals surface area contributed by atoms with Gasteiger partial charge in [-0.3, -0.25) is 9.59 Å². The predicted octanol–water partition coefficient (Wildman–Crippen LogP) is 0.860. The number of carbonyl (C=O) groups excluding carboxylic acids is 1. The molecule has 1 aromatic rings. The first-order valence-electron chi connectivity index (χ1n) is 3.99. The number of amides is 1. The molecule has 0 unspecified atom stereocenters. The maximum absolute atomic E-state index is 11.3.